The molecule has 2 heterocycles. The first-order valence-electron chi connectivity index (χ1n) is 8.76. The Morgan fingerprint density at radius 2 is 2.12 bits per heavy atom. The van der Waals surface area contributed by atoms with E-state index in [0.717, 1.165) is 18.4 Å². The maximum Gasteiger partial charge on any atom is 0.270 e. The van der Waals surface area contributed by atoms with Gasteiger partial charge in [-0.1, -0.05) is 11.2 Å². The van der Waals surface area contributed by atoms with Gasteiger partial charge in [0, 0.05) is 5.56 Å². The second kappa shape index (κ2) is 6.13. The lowest BCUT2D eigenvalue weighted by Crippen LogP contribution is -2.42. The molecule has 2 aliphatic rings. The number of ether oxygens (including phenoxy) is 1. The molecule has 2 aromatic heterocycles. The van der Waals surface area contributed by atoms with Gasteiger partial charge in [-0.15, -0.1) is 0 Å². The standard InChI is InChI=1S/C18H22N4O3/c1-18(2,17-19-10-25-22-17)21-15(23)14-8-7-13(12-5-6-12)16(20-14)24-9-11-3-4-11/h7-8,10-12H,3-6,9H2,1-2H3,(H,21,23). The van der Waals surface area contributed by atoms with E-state index in [1.807, 2.05) is 19.9 Å². The third kappa shape index (κ3) is 3.65. The number of hydrogen-bond donors (Lipinski definition) is 1. The van der Waals surface area contributed by atoms with Crippen molar-refractivity contribution in [2.75, 3.05) is 6.61 Å². The van der Waals surface area contributed by atoms with Gasteiger partial charge in [-0.05, 0) is 57.4 Å². The third-order valence-electron chi connectivity index (χ3n) is 4.64. The summed E-state index contributed by atoms with van der Waals surface area (Å²) >= 11 is 0. The van der Waals surface area contributed by atoms with Gasteiger partial charge in [0.1, 0.15) is 5.69 Å². The number of aromatic nitrogens is 3. The predicted molar refractivity (Wildman–Crippen MR) is 89.2 cm³/mol. The van der Waals surface area contributed by atoms with Crippen molar-refractivity contribution in [1.29, 1.82) is 0 Å². The molecule has 0 spiro atoms. The summed E-state index contributed by atoms with van der Waals surface area (Å²) in [7, 11) is 0. The van der Waals surface area contributed by atoms with E-state index in [2.05, 4.69) is 20.4 Å². The number of pyridine rings is 1. The van der Waals surface area contributed by atoms with E-state index < -0.39 is 5.54 Å². The predicted octanol–water partition coefficient (Wildman–Crippen LogP) is 2.80. The van der Waals surface area contributed by atoms with Crippen LogP contribution in [0.5, 0.6) is 5.88 Å². The lowest BCUT2D eigenvalue weighted by molar-refractivity contribution is 0.0901. The SMILES string of the molecule is CC(C)(NC(=O)c1ccc(C2CC2)c(OCC2CC2)n1)c1ncon1. The van der Waals surface area contributed by atoms with Crippen molar-refractivity contribution in [2.45, 2.75) is 51.0 Å². The Labute approximate surface area is 146 Å². The highest BCUT2D eigenvalue weighted by Crippen LogP contribution is 2.44. The summed E-state index contributed by atoms with van der Waals surface area (Å²) in [6, 6.07) is 3.74. The Bertz CT molecular complexity index is 765. The molecule has 7 nitrogen and oxygen atoms in total. The van der Waals surface area contributed by atoms with Gasteiger partial charge >= 0.3 is 0 Å². The summed E-state index contributed by atoms with van der Waals surface area (Å²) in [5, 5.41) is 6.71. The van der Waals surface area contributed by atoms with E-state index in [-0.39, 0.29) is 5.91 Å². The normalized spacial score (nSPS) is 17.4. The monoisotopic (exact) mass is 342 g/mol. The molecule has 0 saturated heterocycles. The minimum atomic E-state index is -0.754. The Morgan fingerprint density at radius 3 is 2.76 bits per heavy atom. The van der Waals surface area contributed by atoms with Gasteiger partial charge in [0.15, 0.2) is 5.82 Å². The summed E-state index contributed by atoms with van der Waals surface area (Å²) in [4.78, 5) is 21.2. The van der Waals surface area contributed by atoms with Crippen LogP contribution < -0.4 is 10.1 Å². The zero-order chi connectivity index (χ0) is 17.4. The molecule has 132 valence electrons. The highest BCUT2D eigenvalue weighted by Gasteiger charge is 2.31. The van der Waals surface area contributed by atoms with Gasteiger partial charge in [-0.25, -0.2) is 4.98 Å². The zero-order valence-electron chi connectivity index (χ0n) is 14.5. The lowest BCUT2D eigenvalue weighted by Gasteiger charge is -2.22. The molecule has 0 unspecified atom stereocenters. The fourth-order valence-corrected chi connectivity index (χ4v) is 2.73. The average molecular weight is 342 g/mol. The first-order valence-corrected chi connectivity index (χ1v) is 8.76. The van der Waals surface area contributed by atoms with Gasteiger partial charge in [-0.2, -0.15) is 4.98 Å². The van der Waals surface area contributed by atoms with E-state index in [4.69, 9.17) is 9.26 Å². The lowest BCUT2D eigenvalue weighted by atomic mass is 10.0. The first-order chi connectivity index (χ1) is 12.0. The largest absolute Gasteiger partial charge is 0.477 e. The third-order valence-corrected chi connectivity index (χ3v) is 4.64. The fraction of sp³-hybridized carbons (Fsp3) is 0.556. The maximum absolute atomic E-state index is 12.6. The number of hydrogen-bond acceptors (Lipinski definition) is 6. The molecule has 0 aromatic carbocycles. The molecular weight excluding hydrogens is 320 g/mol. The van der Waals surface area contributed by atoms with Gasteiger partial charge in [0.05, 0.1) is 12.1 Å². The topological polar surface area (TPSA) is 90.1 Å². The van der Waals surface area contributed by atoms with Crippen molar-refractivity contribution in [2.24, 2.45) is 5.92 Å². The smallest absolute Gasteiger partial charge is 0.270 e. The van der Waals surface area contributed by atoms with Crippen LogP contribution in [0.1, 0.15) is 67.3 Å². The first kappa shape index (κ1) is 16.1. The number of nitrogens with one attached hydrogen (secondary N) is 1. The van der Waals surface area contributed by atoms with Crippen LogP contribution in [0.4, 0.5) is 0 Å². The summed E-state index contributed by atoms with van der Waals surface area (Å²) in [5.41, 5.74) is 0.706. The van der Waals surface area contributed by atoms with E-state index in [9.17, 15) is 4.79 Å². The highest BCUT2D eigenvalue weighted by atomic mass is 16.5. The Kier molecular flexibility index (Phi) is 3.94. The molecule has 2 aromatic rings. The number of carbonyl (C=O) groups excluding carboxylic acids is 1. The van der Waals surface area contributed by atoms with E-state index in [1.54, 1.807) is 6.07 Å². The average Bonchev–Trinajstić information content (AvgIpc) is 3.52. The molecule has 2 fully saturated rings. The van der Waals surface area contributed by atoms with Crippen LogP contribution in [0.25, 0.3) is 0 Å². The zero-order valence-corrected chi connectivity index (χ0v) is 14.5. The summed E-state index contributed by atoms with van der Waals surface area (Å²) in [5.74, 6) is 1.91. The number of rotatable bonds is 7. The van der Waals surface area contributed by atoms with Crippen molar-refractivity contribution in [1.82, 2.24) is 20.4 Å². The van der Waals surface area contributed by atoms with E-state index in [0.29, 0.717) is 35.8 Å². The van der Waals surface area contributed by atoms with Crippen molar-refractivity contribution in [3.63, 3.8) is 0 Å². The number of carbonyl (C=O) groups is 1. The molecular formula is C18H22N4O3. The molecule has 0 aliphatic heterocycles. The van der Waals surface area contributed by atoms with Crippen LogP contribution >= 0.6 is 0 Å². The van der Waals surface area contributed by atoms with Crippen LogP contribution in [-0.2, 0) is 5.54 Å². The summed E-state index contributed by atoms with van der Waals surface area (Å²) in [6.45, 7) is 4.32. The Morgan fingerprint density at radius 1 is 1.32 bits per heavy atom. The number of amides is 1. The molecule has 0 atom stereocenters. The Balaban J connectivity index is 1.52. The molecule has 0 bridgehead atoms. The molecule has 2 aliphatic carbocycles. The van der Waals surface area contributed by atoms with Crippen LogP contribution in [0.2, 0.25) is 0 Å². The van der Waals surface area contributed by atoms with Gasteiger partial charge in [0.25, 0.3) is 5.91 Å². The van der Waals surface area contributed by atoms with Gasteiger partial charge in [-0.3, -0.25) is 4.79 Å². The van der Waals surface area contributed by atoms with Crippen molar-refractivity contribution in [3.05, 3.63) is 35.6 Å². The minimum absolute atomic E-state index is 0.284. The number of nitrogens with zero attached hydrogens (tertiary/aromatic N) is 3. The van der Waals surface area contributed by atoms with E-state index in [1.165, 1.54) is 19.2 Å². The molecule has 1 amide bonds. The van der Waals surface area contributed by atoms with Crippen molar-refractivity contribution >= 4 is 5.91 Å². The van der Waals surface area contributed by atoms with Gasteiger partial charge in [0.2, 0.25) is 12.3 Å². The van der Waals surface area contributed by atoms with E-state index >= 15 is 0 Å². The second-order valence-corrected chi connectivity index (χ2v) is 7.45. The quantitative estimate of drug-likeness (QED) is 0.832. The van der Waals surface area contributed by atoms with Crippen LogP contribution in [0.15, 0.2) is 23.0 Å². The second-order valence-electron chi connectivity index (χ2n) is 7.45. The molecule has 7 heteroatoms. The van der Waals surface area contributed by atoms with Crippen LogP contribution in [0.3, 0.4) is 0 Å². The molecule has 4 rings (SSSR count). The maximum atomic E-state index is 12.6. The highest BCUT2D eigenvalue weighted by molar-refractivity contribution is 5.93. The van der Waals surface area contributed by atoms with Crippen LogP contribution in [-0.4, -0.2) is 27.6 Å². The molecule has 2 saturated carbocycles. The molecule has 25 heavy (non-hydrogen) atoms. The molecule has 1 N–H and O–H groups in total. The van der Waals surface area contributed by atoms with Crippen molar-refractivity contribution < 1.29 is 14.1 Å². The Hall–Kier alpha value is -2.44. The minimum Gasteiger partial charge on any atom is -0.477 e. The van der Waals surface area contributed by atoms with Crippen LogP contribution in [0, 0.1) is 5.92 Å². The molecule has 0 radical (unpaired) electrons. The van der Waals surface area contributed by atoms with Crippen molar-refractivity contribution in [3.8, 4) is 5.88 Å². The fourth-order valence-electron chi connectivity index (χ4n) is 2.73. The summed E-state index contributed by atoms with van der Waals surface area (Å²) in [6.07, 6.45) is 6.02. The van der Waals surface area contributed by atoms with Gasteiger partial charge < -0.3 is 14.6 Å². The summed E-state index contributed by atoms with van der Waals surface area (Å²) < 4.78 is 10.7.